The zero-order valence-electron chi connectivity index (χ0n) is 11.4. The molecule has 110 valence electrons. The van der Waals surface area contributed by atoms with Crippen LogP contribution in [0.15, 0.2) is 0 Å². The molecule has 1 rings (SSSR count). The molecule has 1 unspecified atom stereocenters. The highest BCUT2D eigenvalue weighted by atomic mass is 16.7. The normalized spacial score (nSPS) is 19.9. The first-order valence-electron chi connectivity index (χ1n) is 6.71. The molecule has 0 bridgehead atoms. The number of carboxylic acids is 1. The number of hydroxylamine groups is 1. The fourth-order valence-electron chi connectivity index (χ4n) is 2.17. The Morgan fingerprint density at radius 2 is 2.21 bits per heavy atom. The maximum atomic E-state index is 11.2. The molecular formula is C12H23N3O4. The van der Waals surface area contributed by atoms with E-state index in [2.05, 4.69) is 22.0 Å². The Bertz CT molecular complexity index is 299. The van der Waals surface area contributed by atoms with Crippen LogP contribution in [0.25, 0.3) is 0 Å². The molecule has 0 aromatic rings. The van der Waals surface area contributed by atoms with Crippen molar-refractivity contribution in [2.45, 2.75) is 38.6 Å². The van der Waals surface area contributed by atoms with Gasteiger partial charge in [0.1, 0.15) is 0 Å². The molecule has 19 heavy (non-hydrogen) atoms. The first kappa shape index (κ1) is 15.7. The van der Waals surface area contributed by atoms with Gasteiger partial charge in [0.25, 0.3) is 0 Å². The maximum absolute atomic E-state index is 11.2. The molecule has 3 N–H and O–H groups in total. The number of aliphatic carboxylic acids is 1. The summed E-state index contributed by atoms with van der Waals surface area (Å²) in [6.07, 6.45) is 4.67. The summed E-state index contributed by atoms with van der Waals surface area (Å²) in [7, 11) is 0. The topological polar surface area (TPSA) is 90.9 Å². The Morgan fingerprint density at radius 1 is 1.42 bits per heavy atom. The number of piperidine rings is 1. The lowest BCUT2D eigenvalue weighted by Crippen LogP contribution is -2.41. The van der Waals surface area contributed by atoms with Crippen molar-refractivity contribution >= 4 is 12.0 Å². The number of urea groups is 1. The minimum atomic E-state index is -1.13. The van der Waals surface area contributed by atoms with Gasteiger partial charge < -0.3 is 15.3 Å². The second-order valence-electron chi connectivity index (χ2n) is 4.77. The van der Waals surface area contributed by atoms with Crippen molar-refractivity contribution in [2.75, 3.05) is 26.2 Å². The SMILES string of the molecule is CC1CCCCN1CCCNC(=O)NOCC(=O)O. The maximum Gasteiger partial charge on any atom is 0.338 e. The molecule has 1 aliphatic heterocycles. The highest BCUT2D eigenvalue weighted by molar-refractivity contribution is 5.73. The van der Waals surface area contributed by atoms with Crippen molar-refractivity contribution in [2.24, 2.45) is 0 Å². The van der Waals surface area contributed by atoms with E-state index in [1.165, 1.54) is 19.3 Å². The molecule has 7 nitrogen and oxygen atoms in total. The van der Waals surface area contributed by atoms with E-state index < -0.39 is 18.6 Å². The van der Waals surface area contributed by atoms with Gasteiger partial charge in [-0.2, -0.15) is 0 Å². The standard InChI is InChI=1S/C12H23N3O4/c1-10-5-2-3-7-15(10)8-4-6-13-12(18)14-19-9-11(16)17/h10H,2-9H2,1H3,(H,16,17)(H2,13,14,18). The molecule has 1 heterocycles. The summed E-state index contributed by atoms with van der Waals surface area (Å²) >= 11 is 0. The Hall–Kier alpha value is -1.34. The number of nitrogens with zero attached hydrogens (tertiary/aromatic N) is 1. The smallest absolute Gasteiger partial charge is 0.338 e. The van der Waals surface area contributed by atoms with Gasteiger partial charge in [-0.15, -0.1) is 0 Å². The van der Waals surface area contributed by atoms with Crippen LogP contribution in [0.2, 0.25) is 0 Å². The highest BCUT2D eigenvalue weighted by Crippen LogP contribution is 2.15. The third-order valence-electron chi connectivity index (χ3n) is 3.21. The van der Waals surface area contributed by atoms with Gasteiger partial charge in [-0.25, -0.2) is 15.1 Å². The fraction of sp³-hybridized carbons (Fsp3) is 0.833. The molecule has 0 aromatic carbocycles. The number of carbonyl (C=O) groups excluding carboxylic acids is 1. The number of likely N-dealkylation sites (tertiary alicyclic amines) is 1. The zero-order chi connectivity index (χ0) is 14.1. The van der Waals surface area contributed by atoms with Gasteiger partial charge in [0.15, 0.2) is 6.61 Å². The van der Waals surface area contributed by atoms with Gasteiger partial charge in [-0.3, -0.25) is 4.84 Å². The summed E-state index contributed by atoms with van der Waals surface area (Å²) in [6, 6.07) is 0.120. The lowest BCUT2D eigenvalue weighted by Gasteiger charge is -2.33. The Labute approximate surface area is 113 Å². The van der Waals surface area contributed by atoms with Crippen molar-refractivity contribution in [1.29, 1.82) is 0 Å². The quantitative estimate of drug-likeness (QED) is 0.466. The first-order valence-corrected chi connectivity index (χ1v) is 6.71. The van der Waals surface area contributed by atoms with E-state index in [0.717, 1.165) is 19.5 Å². The van der Waals surface area contributed by atoms with Crippen LogP contribution in [-0.2, 0) is 9.63 Å². The second kappa shape index (κ2) is 8.71. The summed E-state index contributed by atoms with van der Waals surface area (Å²) in [4.78, 5) is 28.2. The number of carboxylic acid groups (broad SMARTS) is 1. The predicted octanol–water partition coefficient (Wildman–Crippen LogP) is 0.566. The van der Waals surface area contributed by atoms with Crippen molar-refractivity contribution in [1.82, 2.24) is 15.7 Å². The molecular weight excluding hydrogens is 250 g/mol. The number of nitrogens with one attached hydrogen (secondary N) is 2. The van der Waals surface area contributed by atoms with Gasteiger partial charge in [-0.1, -0.05) is 6.42 Å². The molecule has 0 radical (unpaired) electrons. The van der Waals surface area contributed by atoms with Crippen LogP contribution in [0.3, 0.4) is 0 Å². The van der Waals surface area contributed by atoms with Gasteiger partial charge in [0.05, 0.1) is 0 Å². The van der Waals surface area contributed by atoms with Gasteiger partial charge >= 0.3 is 12.0 Å². The Kier molecular flexibility index (Phi) is 7.20. The van der Waals surface area contributed by atoms with E-state index in [-0.39, 0.29) is 0 Å². The number of carbonyl (C=O) groups is 2. The van der Waals surface area contributed by atoms with Crippen LogP contribution in [0.1, 0.15) is 32.6 Å². The largest absolute Gasteiger partial charge is 0.479 e. The van der Waals surface area contributed by atoms with Crippen LogP contribution < -0.4 is 10.8 Å². The van der Waals surface area contributed by atoms with Crippen LogP contribution in [0, 0.1) is 0 Å². The summed E-state index contributed by atoms with van der Waals surface area (Å²) in [6.45, 7) is 4.34. The lowest BCUT2D eigenvalue weighted by molar-refractivity contribution is -0.144. The van der Waals surface area contributed by atoms with E-state index >= 15 is 0 Å². The summed E-state index contributed by atoms with van der Waals surface area (Å²) in [5, 5.41) is 10.9. The number of hydrogen-bond donors (Lipinski definition) is 3. The lowest BCUT2D eigenvalue weighted by atomic mass is 10.0. The highest BCUT2D eigenvalue weighted by Gasteiger charge is 2.17. The van der Waals surface area contributed by atoms with Gasteiger partial charge in [0, 0.05) is 19.1 Å². The third-order valence-corrected chi connectivity index (χ3v) is 3.21. The van der Waals surface area contributed by atoms with Gasteiger partial charge in [-0.05, 0) is 32.7 Å². The van der Waals surface area contributed by atoms with Crippen LogP contribution in [0.5, 0.6) is 0 Å². The molecule has 0 spiro atoms. The van der Waals surface area contributed by atoms with Crippen LogP contribution >= 0.6 is 0 Å². The monoisotopic (exact) mass is 273 g/mol. The molecule has 1 aliphatic rings. The predicted molar refractivity (Wildman–Crippen MR) is 69.6 cm³/mol. The van der Waals surface area contributed by atoms with Crippen molar-refractivity contribution in [3.8, 4) is 0 Å². The minimum absolute atomic E-state index is 0.507. The second-order valence-corrected chi connectivity index (χ2v) is 4.77. The van der Waals surface area contributed by atoms with E-state index in [1.807, 2.05) is 5.48 Å². The zero-order valence-corrected chi connectivity index (χ0v) is 11.4. The number of rotatable bonds is 7. The van der Waals surface area contributed by atoms with E-state index in [9.17, 15) is 9.59 Å². The molecule has 1 fully saturated rings. The first-order chi connectivity index (χ1) is 9.09. The van der Waals surface area contributed by atoms with Crippen LogP contribution in [0.4, 0.5) is 4.79 Å². The molecule has 0 saturated carbocycles. The summed E-state index contributed by atoms with van der Waals surface area (Å²) in [5.74, 6) is -1.13. The van der Waals surface area contributed by atoms with Gasteiger partial charge in [0.2, 0.25) is 0 Å². The Morgan fingerprint density at radius 3 is 2.89 bits per heavy atom. The van der Waals surface area contributed by atoms with E-state index in [4.69, 9.17) is 5.11 Å². The van der Waals surface area contributed by atoms with Crippen molar-refractivity contribution in [3.63, 3.8) is 0 Å². The fourth-order valence-corrected chi connectivity index (χ4v) is 2.17. The Balaban J connectivity index is 2.00. The van der Waals surface area contributed by atoms with Crippen LogP contribution in [-0.4, -0.2) is 54.3 Å². The van der Waals surface area contributed by atoms with E-state index in [1.54, 1.807) is 0 Å². The molecule has 0 aliphatic carbocycles. The minimum Gasteiger partial charge on any atom is -0.479 e. The number of amides is 2. The molecule has 1 atom stereocenters. The van der Waals surface area contributed by atoms with Crippen molar-refractivity contribution in [3.05, 3.63) is 0 Å². The molecule has 0 aromatic heterocycles. The van der Waals surface area contributed by atoms with E-state index in [0.29, 0.717) is 12.6 Å². The summed E-state index contributed by atoms with van der Waals surface area (Å²) < 4.78 is 0. The van der Waals surface area contributed by atoms with Crippen molar-refractivity contribution < 1.29 is 19.5 Å². The average Bonchev–Trinajstić information content (AvgIpc) is 2.36. The average molecular weight is 273 g/mol. The summed E-state index contributed by atoms with van der Waals surface area (Å²) in [5.41, 5.74) is 2.02. The molecule has 7 heteroatoms. The number of hydrogen-bond acceptors (Lipinski definition) is 4. The third kappa shape index (κ3) is 6.97. The molecule has 1 saturated heterocycles. The molecule has 2 amide bonds.